The summed E-state index contributed by atoms with van der Waals surface area (Å²) in [6.45, 7) is 1.72. The molecule has 27 heavy (non-hydrogen) atoms. The SMILES string of the molecule is CC1=C(C(=O)NNC(N)=S)C(c2ccc(F)cc2Cl)N=C(c2nccs2)N1. The van der Waals surface area contributed by atoms with Gasteiger partial charge in [-0.3, -0.25) is 20.6 Å². The fraction of sp³-hybridized carbons (Fsp3) is 0.125. The Bertz CT molecular complexity index is 960. The Balaban J connectivity index is 2.06. The molecule has 0 aliphatic carbocycles. The standard InChI is InChI=1S/C16H14ClFN6OS2/c1-7-11(14(25)23-24-16(19)26)12(9-3-2-8(18)6-10(9)17)22-13(21-7)15-20-4-5-27-15/h2-6,12H,1H3,(H,21,22)(H,23,25)(H3,19,24,26). The molecular weight excluding hydrogens is 411 g/mol. The quantitative estimate of drug-likeness (QED) is 0.444. The molecule has 7 nitrogen and oxygen atoms in total. The minimum Gasteiger partial charge on any atom is -0.375 e. The monoisotopic (exact) mass is 424 g/mol. The number of carbonyl (C=O) groups is 1. The summed E-state index contributed by atoms with van der Waals surface area (Å²) in [5.41, 5.74) is 11.5. The summed E-state index contributed by atoms with van der Waals surface area (Å²) in [6, 6.07) is 3.17. The normalized spacial score (nSPS) is 16.4. The molecule has 0 radical (unpaired) electrons. The molecule has 5 N–H and O–H groups in total. The molecule has 1 amide bonds. The lowest BCUT2D eigenvalue weighted by molar-refractivity contribution is -0.118. The number of benzene rings is 1. The highest BCUT2D eigenvalue weighted by Crippen LogP contribution is 2.35. The van der Waals surface area contributed by atoms with Crippen LogP contribution in [-0.2, 0) is 4.79 Å². The van der Waals surface area contributed by atoms with Crippen molar-refractivity contribution >= 4 is 52.0 Å². The molecule has 1 atom stereocenters. The summed E-state index contributed by atoms with van der Waals surface area (Å²) in [5, 5.41) is 5.61. The van der Waals surface area contributed by atoms with E-state index in [0.29, 0.717) is 22.1 Å². The molecule has 0 spiro atoms. The summed E-state index contributed by atoms with van der Waals surface area (Å²) in [4.78, 5) is 21.5. The minimum atomic E-state index is -0.772. The van der Waals surface area contributed by atoms with Crippen LogP contribution in [0.25, 0.3) is 0 Å². The predicted molar refractivity (Wildman–Crippen MR) is 107 cm³/mol. The number of nitrogens with one attached hydrogen (secondary N) is 3. The van der Waals surface area contributed by atoms with E-state index in [0.717, 1.165) is 0 Å². The van der Waals surface area contributed by atoms with Crippen LogP contribution in [-0.4, -0.2) is 21.8 Å². The fourth-order valence-electron chi connectivity index (χ4n) is 2.55. The molecule has 11 heteroatoms. The Labute approximate surface area is 168 Å². The lowest BCUT2D eigenvalue weighted by Crippen LogP contribution is -2.46. The van der Waals surface area contributed by atoms with Crippen LogP contribution in [0.2, 0.25) is 5.02 Å². The first-order valence-electron chi connectivity index (χ1n) is 7.63. The van der Waals surface area contributed by atoms with Crippen molar-refractivity contribution < 1.29 is 9.18 Å². The first-order chi connectivity index (χ1) is 12.9. The van der Waals surface area contributed by atoms with E-state index in [1.54, 1.807) is 13.1 Å². The Morgan fingerprint density at radius 2 is 2.22 bits per heavy atom. The number of carbonyl (C=O) groups excluding carboxylic acids is 1. The van der Waals surface area contributed by atoms with Crippen LogP contribution in [0.5, 0.6) is 0 Å². The molecule has 1 aromatic carbocycles. The molecule has 0 fully saturated rings. The number of amides is 1. The number of nitrogens with zero attached hydrogens (tertiary/aromatic N) is 2. The highest BCUT2D eigenvalue weighted by atomic mass is 35.5. The number of aliphatic imine (C=N–C) groups is 1. The van der Waals surface area contributed by atoms with Gasteiger partial charge >= 0.3 is 0 Å². The van der Waals surface area contributed by atoms with E-state index < -0.39 is 17.8 Å². The maximum absolute atomic E-state index is 13.5. The van der Waals surface area contributed by atoms with Crippen LogP contribution in [0.4, 0.5) is 4.39 Å². The molecule has 0 saturated heterocycles. The number of halogens is 2. The van der Waals surface area contributed by atoms with Crippen LogP contribution >= 0.6 is 35.2 Å². The van der Waals surface area contributed by atoms with Crippen molar-refractivity contribution in [3.8, 4) is 0 Å². The van der Waals surface area contributed by atoms with Gasteiger partial charge in [0.1, 0.15) is 11.9 Å². The van der Waals surface area contributed by atoms with Gasteiger partial charge in [0.15, 0.2) is 16.0 Å². The zero-order valence-electron chi connectivity index (χ0n) is 13.9. The number of thiocarbonyl (C=S) groups is 1. The van der Waals surface area contributed by atoms with E-state index in [9.17, 15) is 9.18 Å². The van der Waals surface area contributed by atoms with Crippen molar-refractivity contribution in [3.63, 3.8) is 0 Å². The van der Waals surface area contributed by atoms with Gasteiger partial charge in [-0.25, -0.2) is 9.37 Å². The second-order valence-electron chi connectivity index (χ2n) is 5.49. The topological polar surface area (TPSA) is 104 Å². The number of hydrogen-bond acceptors (Lipinski definition) is 6. The molecule has 3 rings (SSSR count). The van der Waals surface area contributed by atoms with Gasteiger partial charge in [-0.15, -0.1) is 11.3 Å². The molecular formula is C16H14ClFN6OS2. The number of allylic oxidation sites excluding steroid dienone is 1. The minimum absolute atomic E-state index is 0.0892. The Hall–Kier alpha value is -2.56. The van der Waals surface area contributed by atoms with Crippen LogP contribution in [0.1, 0.15) is 23.5 Å². The fourth-order valence-corrected chi connectivity index (χ4v) is 3.46. The Morgan fingerprint density at radius 3 is 2.85 bits per heavy atom. The Kier molecular flexibility index (Phi) is 5.68. The van der Waals surface area contributed by atoms with Gasteiger partial charge in [0.2, 0.25) is 0 Å². The van der Waals surface area contributed by atoms with Crippen molar-refractivity contribution in [3.05, 3.63) is 62.5 Å². The maximum atomic E-state index is 13.5. The lowest BCUT2D eigenvalue weighted by atomic mass is 9.95. The van der Waals surface area contributed by atoms with E-state index in [-0.39, 0.29) is 15.7 Å². The first-order valence-corrected chi connectivity index (χ1v) is 9.29. The number of hydrazine groups is 1. The van der Waals surface area contributed by atoms with E-state index in [1.165, 1.54) is 29.5 Å². The zero-order chi connectivity index (χ0) is 19.6. The van der Waals surface area contributed by atoms with Crippen LogP contribution < -0.4 is 21.9 Å². The molecule has 1 aliphatic rings. The average Bonchev–Trinajstić information content (AvgIpc) is 3.13. The summed E-state index contributed by atoms with van der Waals surface area (Å²) in [6.07, 6.45) is 1.65. The van der Waals surface area contributed by atoms with Crippen LogP contribution in [0, 0.1) is 5.82 Å². The van der Waals surface area contributed by atoms with Crippen molar-refractivity contribution in [2.45, 2.75) is 13.0 Å². The number of thiazole rings is 1. The maximum Gasteiger partial charge on any atom is 0.269 e. The number of amidine groups is 1. The third-order valence-electron chi connectivity index (χ3n) is 3.68. The number of rotatable bonds is 3. The van der Waals surface area contributed by atoms with Gasteiger partial charge in [0, 0.05) is 27.9 Å². The molecule has 1 unspecified atom stereocenters. The summed E-state index contributed by atoms with van der Waals surface area (Å²) in [5.74, 6) is -0.490. The third kappa shape index (κ3) is 4.24. The van der Waals surface area contributed by atoms with Crippen molar-refractivity contribution in [2.24, 2.45) is 10.7 Å². The van der Waals surface area contributed by atoms with E-state index in [2.05, 4.69) is 26.1 Å². The van der Waals surface area contributed by atoms with Crippen molar-refractivity contribution in [1.29, 1.82) is 0 Å². The van der Waals surface area contributed by atoms with Crippen molar-refractivity contribution in [1.82, 2.24) is 21.2 Å². The smallest absolute Gasteiger partial charge is 0.269 e. The van der Waals surface area contributed by atoms with E-state index in [1.807, 2.05) is 5.38 Å². The highest BCUT2D eigenvalue weighted by molar-refractivity contribution is 7.80. The highest BCUT2D eigenvalue weighted by Gasteiger charge is 2.31. The number of aromatic nitrogens is 1. The van der Waals surface area contributed by atoms with Gasteiger partial charge in [-0.05, 0) is 31.3 Å². The van der Waals surface area contributed by atoms with Gasteiger partial charge in [-0.2, -0.15) is 0 Å². The van der Waals surface area contributed by atoms with Gasteiger partial charge in [0.25, 0.3) is 5.91 Å². The number of nitrogens with two attached hydrogens (primary N) is 1. The number of hydrogen-bond donors (Lipinski definition) is 4. The molecule has 0 saturated carbocycles. The van der Waals surface area contributed by atoms with Crippen LogP contribution in [0.15, 0.2) is 46.0 Å². The predicted octanol–water partition coefficient (Wildman–Crippen LogP) is 2.17. The summed E-state index contributed by atoms with van der Waals surface area (Å²) in [7, 11) is 0. The second kappa shape index (κ2) is 7.99. The first kappa shape index (κ1) is 19.2. The third-order valence-corrected chi connectivity index (χ3v) is 4.89. The largest absolute Gasteiger partial charge is 0.375 e. The summed E-state index contributed by atoms with van der Waals surface area (Å²) < 4.78 is 13.5. The molecule has 0 bridgehead atoms. The molecule has 2 aromatic rings. The molecule has 1 aliphatic heterocycles. The van der Waals surface area contributed by atoms with E-state index in [4.69, 9.17) is 29.6 Å². The average molecular weight is 425 g/mol. The Morgan fingerprint density at radius 1 is 1.44 bits per heavy atom. The molecule has 2 heterocycles. The van der Waals surface area contributed by atoms with Crippen LogP contribution in [0.3, 0.4) is 0 Å². The lowest BCUT2D eigenvalue weighted by Gasteiger charge is -2.26. The van der Waals surface area contributed by atoms with E-state index >= 15 is 0 Å². The second-order valence-corrected chi connectivity index (χ2v) is 7.23. The molecule has 1 aromatic heterocycles. The van der Waals surface area contributed by atoms with Gasteiger partial charge in [0.05, 0.1) is 5.57 Å². The van der Waals surface area contributed by atoms with Crippen molar-refractivity contribution in [2.75, 3.05) is 0 Å². The summed E-state index contributed by atoms with van der Waals surface area (Å²) >= 11 is 12.3. The molecule has 140 valence electrons. The zero-order valence-corrected chi connectivity index (χ0v) is 16.3. The van der Waals surface area contributed by atoms with Gasteiger partial charge < -0.3 is 11.1 Å². The van der Waals surface area contributed by atoms with Gasteiger partial charge in [-0.1, -0.05) is 17.7 Å².